The van der Waals surface area contributed by atoms with E-state index in [1.54, 1.807) is 4.90 Å². The van der Waals surface area contributed by atoms with Crippen LogP contribution in [0, 0.1) is 6.92 Å². The van der Waals surface area contributed by atoms with E-state index in [1.165, 1.54) is 17.3 Å². The number of thiocarbonyl (C=S) groups is 1. The van der Waals surface area contributed by atoms with Gasteiger partial charge in [-0.2, -0.15) is 0 Å². The highest BCUT2D eigenvalue weighted by molar-refractivity contribution is 8.23. The molecule has 0 aromatic heterocycles. The molecule has 20 heavy (non-hydrogen) atoms. The summed E-state index contributed by atoms with van der Waals surface area (Å²) in [6.45, 7) is 6.25. The van der Waals surface area contributed by atoms with Crippen LogP contribution in [0.4, 0.5) is 0 Å². The molecule has 0 unspecified atom stereocenters. The van der Waals surface area contributed by atoms with Crippen LogP contribution in [0.25, 0.3) is 0 Å². The highest BCUT2D eigenvalue weighted by Gasteiger charge is 2.19. The Morgan fingerprint density at radius 2 is 1.90 bits per heavy atom. The van der Waals surface area contributed by atoms with Gasteiger partial charge in [-0.1, -0.05) is 53.8 Å². The van der Waals surface area contributed by atoms with Gasteiger partial charge in [0.05, 0.1) is 39.0 Å². The predicted octanol–water partition coefficient (Wildman–Crippen LogP) is 1.03. The van der Waals surface area contributed by atoms with E-state index in [2.05, 4.69) is 11.9 Å². The molecule has 1 aliphatic heterocycles. The van der Waals surface area contributed by atoms with Gasteiger partial charge in [0, 0.05) is 5.56 Å². The Balaban J connectivity index is 1.81. The molecule has 0 atom stereocenters. The molecule has 0 radical (unpaired) electrons. The number of nitrogens with zero attached hydrogens (tertiary/aromatic N) is 1. The van der Waals surface area contributed by atoms with Crippen LogP contribution >= 0.6 is 24.0 Å². The minimum absolute atomic E-state index is 0.150. The van der Waals surface area contributed by atoms with Gasteiger partial charge in [-0.05, 0) is 6.92 Å². The molecule has 0 spiro atoms. The van der Waals surface area contributed by atoms with Crippen LogP contribution in [-0.4, -0.2) is 54.0 Å². The fraction of sp³-hybridized carbons (Fsp3) is 0.467. The molecule has 0 aliphatic carbocycles. The molecule has 1 heterocycles. The first-order valence-electron chi connectivity index (χ1n) is 6.89. The zero-order valence-electron chi connectivity index (χ0n) is 12.0. The van der Waals surface area contributed by atoms with Crippen molar-refractivity contribution in [2.24, 2.45) is 0 Å². The van der Waals surface area contributed by atoms with Crippen molar-refractivity contribution in [3.63, 3.8) is 0 Å². The third-order valence-electron chi connectivity index (χ3n) is 3.58. The number of carbonyl (C=O) groups is 1. The van der Waals surface area contributed by atoms with Crippen LogP contribution in [0.2, 0.25) is 0 Å². The van der Waals surface area contributed by atoms with Crippen molar-refractivity contribution in [1.82, 2.24) is 4.90 Å². The Hall–Kier alpha value is -0.910. The number of piperazine rings is 1. The summed E-state index contributed by atoms with van der Waals surface area (Å²) in [6, 6.07) is 7.72. The van der Waals surface area contributed by atoms with E-state index >= 15 is 0 Å². The minimum Gasteiger partial charge on any atom is -0.346 e. The average molecular weight is 309 g/mol. The van der Waals surface area contributed by atoms with E-state index in [0.29, 0.717) is 5.75 Å². The molecule has 0 amide bonds. The maximum absolute atomic E-state index is 12.1. The van der Waals surface area contributed by atoms with Crippen molar-refractivity contribution in [1.29, 1.82) is 0 Å². The summed E-state index contributed by atoms with van der Waals surface area (Å²) in [7, 11) is 2.20. The first-order chi connectivity index (χ1) is 9.56. The van der Waals surface area contributed by atoms with Crippen LogP contribution in [-0.2, 0) is 0 Å². The van der Waals surface area contributed by atoms with Gasteiger partial charge in [0.15, 0.2) is 5.78 Å². The number of Topliss-reactive ketones (excluding diaryl/α,β-unsaturated/α-hetero) is 1. The molecule has 2 rings (SSSR count). The van der Waals surface area contributed by atoms with Gasteiger partial charge < -0.3 is 9.80 Å². The second kappa shape index (κ2) is 7.20. The molecule has 1 aromatic rings. The van der Waals surface area contributed by atoms with Crippen molar-refractivity contribution in [2.45, 2.75) is 6.92 Å². The zero-order valence-corrected chi connectivity index (χ0v) is 13.6. The average Bonchev–Trinajstić information content (AvgIpc) is 2.46. The van der Waals surface area contributed by atoms with Crippen molar-refractivity contribution in [2.75, 3.05) is 39.0 Å². The SMILES string of the molecule is Cc1ccc(C(=O)CSC(=S)N2CC[NH+](C)CC2)cc1. The number of benzene rings is 1. The third kappa shape index (κ3) is 4.30. The number of carbonyl (C=O) groups excluding carboxylic acids is 1. The van der Waals surface area contributed by atoms with E-state index in [0.717, 1.165) is 36.1 Å². The van der Waals surface area contributed by atoms with Gasteiger partial charge in [-0.15, -0.1) is 0 Å². The van der Waals surface area contributed by atoms with Crippen LogP contribution in [0.15, 0.2) is 24.3 Å². The molecule has 0 bridgehead atoms. The second-order valence-electron chi connectivity index (χ2n) is 5.29. The summed E-state index contributed by atoms with van der Waals surface area (Å²) in [6.07, 6.45) is 0. The smallest absolute Gasteiger partial charge is 0.173 e. The number of nitrogens with one attached hydrogen (secondary N) is 1. The Morgan fingerprint density at radius 3 is 2.50 bits per heavy atom. The standard InChI is InChI=1S/C15H20N2OS2/c1-12-3-5-13(6-4-12)14(18)11-20-15(19)17-9-7-16(2)8-10-17/h3-6H,7-11H2,1-2H3/p+1. The summed E-state index contributed by atoms with van der Waals surface area (Å²) < 4.78 is 0.859. The number of rotatable bonds is 3. The lowest BCUT2D eigenvalue weighted by molar-refractivity contribution is -0.883. The van der Waals surface area contributed by atoms with Gasteiger partial charge in [-0.3, -0.25) is 4.79 Å². The lowest BCUT2D eigenvalue weighted by atomic mass is 10.1. The van der Waals surface area contributed by atoms with Gasteiger partial charge in [0.2, 0.25) is 0 Å². The topological polar surface area (TPSA) is 24.8 Å². The van der Waals surface area contributed by atoms with Crippen LogP contribution in [0.5, 0.6) is 0 Å². The van der Waals surface area contributed by atoms with Crippen molar-refractivity contribution in [3.05, 3.63) is 35.4 Å². The Labute approximate surface area is 130 Å². The Bertz CT molecular complexity index is 479. The fourth-order valence-corrected chi connectivity index (χ4v) is 3.26. The van der Waals surface area contributed by atoms with Crippen LogP contribution in [0.3, 0.4) is 0 Å². The van der Waals surface area contributed by atoms with Gasteiger partial charge >= 0.3 is 0 Å². The summed E-state index contributed by atoms with van der Waals surface area (Å²) in [5.41, 5.74) is 1.94. The number of hydrogen-bond acceptors (Lipinski definition) is 3. The summed E-state index contributed by atoms with van der Waals surface area (Å²) in [5.74, 6) is 0.582. The van der Waals surface area contributed by atoms with E-state index in [9.17, 15) is 4.79 Å². The molecule has 1 saturated heterocycles. The molecule has 1 fully saturated rings. The highest BCUT2D eigenvalue weighted by Crippen LogP contribution is 2.13. The molecule has 1 aliphatic rings. The predicted molar refractivity (Wildman–Crippen MR) is 88.8 cm³/mol. The quantitative estimate of drug-likeness (QED) is 0.666. The number of quaternary nitrogens is 1. The maximum atomic E-state index is 12.1. The Morgan fingerprint density at radius 1 is 1.30 bits per heavy atom. The highest BCUT2D eigenvalue weighted by atomic mass is 32.2. The van der Waals surface area contributed by atoms with E-state index in [4.69, 9.17) is 12.2 Å². The van der Waals surface area contributed by atoms with Crippen molar-refractivity contribution >= 4 is 34.1 Å². The molecule has 1 N–H and O–H groups in total. The molecule has 108 valence electrons. The van der Waals surface area contributed by atoms with E-state index < -0.39 is 0 Å². The lowest BCUT2D eigenvalue weighted by Gasteiger charge is -2.31. The number of likely N-dealkylation sites (N-methyl/N-ethyl adjacent to an activating group) is 1. The lowest BCUT2D eigenvalue weighted by Crippen LogP contribution is -3.12. The largest absolute Gasteiger partial charge is 0.346 e. The summed E-state index contributed by atoms with van der Waals surface area (Å²) in [5, 5.41) is 0. The van der Waals surface area contributed by atoms with E-state index in [-0.39, 0.29) is 5.78 Å². The molecule has 1 aromatic carbocycles. The summed E-state index contributed by atoms with van der Waals surface area (Å²) in [4.78, 5) is 15.9. The third-order valence-corrected chi connectivity index (χ3v) is 5.10. The van der Waals surface area contributed by atoms with Crippen LogP contribution in [0.1, 0.15) is 15.9 Å². The van der Waals surface area contributed by atoms with Crippen LogP contribution < -0.4 is 4.90 Å². The maximum Gasteiger partial charge on any atom is 0.173 e. The normalized spacial score (nSPS) is 16.2. The van der Waals surface area contributed by atoms with Gasteiger partial charge in [0.25, 0.3) is 0 Å². The fourth-order valence-electron chi connectivity index (χ4n) is 2.11. The number of hydrogen-bond donors (Lipinski definition) is 1. The molecule has 0 saturated carbocycles. The van der Waals surface area contributed by atoms with E-state index in [1.807, 2.05) is 31.2 Å². The Kier molecular flexibility index (Phi) is 5.57. The minimum atomic E-state index is 0.150. The molecular formula is C15H21N2OS2+. The summed E-state index contributed by atoms with van der Waals surface area (Å²) >= 11 is 6.92. The zero-order chi connectivity index (χ0) is 14.5. The second-order valence-corrected chi connectivity index (χ2v) is 6.90. The number of thioether (sulfide) groups is 1. The molecule has 5 heteroatoms. The van der Waals surface area contributed by atoms with Crippen molar-refractivity contribution in [3.8, 4) is 0 Å². The first-order valence-corrected chi connectivity index (χ1v) is 8.28. The van der Waals surface area contributed by atoms with Gasteiger partial charge in [0.1, 0.15) is 4.32 Å². The number of aryl methyl sites for hydroxylation is 1. The first kappa shape index (κ1) is 15.5. The van der Waals surface area contributed by atoms with Crippen molar-refractivity contribution < 1.29 is 9.69 Å². The monoisotopic (exact) mass is 309 g/mol. The van der Waals surface area contributed by atoms with Gasteiger partial charge in [-0.25, -0.2) is 0 Å². The molecule has 3 nitrogen and oxygen atoms in total. The number of ketones is 1. The molecular weight excluding hydrogens is 288 g/mol.